The van der Waals surface area contributed by atoms with Crippen LogP contribution in [0.3, 0.4) is 0 Å². The lowest BCUT2D eigenvalue weighted by Crippen LogP contribution is -2.40. The van der Waals surface area contributed by atoms with E-state index in [2.05, 4.69) is 19.2 Å². The van der Waals surface area contributed by atoms with Crippen LogP contribution in [0.4, 0.5) is 0 Å². The van der Waals surface area contributed by atoms with Crippen LogP contribution >= 0.6 is 0 Å². The molecule has 1 aliphatic rings. The van der Waals surface area contributed by atoms with Gasteiger partial charge >= 0.3 is 0 Å². The van der Waals surface area contributed by atoms with E-state index in [1.807, 2.05) is 6.07 Å². The highest BCUT2D eigenvalue weighted by Crippen LogP contribution is 2.34. The minimum absolute atomic E-state index is 0.0169. The molecule has 1 atom stereocenters. The zero-order valence-corrected chi connectivity index (χ0v) is 8.97. The number of rotatable bonds is 2. The largest absolute Gasteiger partial charge is 0.352 e. The molecule has 0 heterocycles. The van der Waals surface area contributed by atoms with Crippen LogP contribution in [0, 0.1) is 16.7 Å². The topological polar surface area (TPSA) is 52.9 Å². The Kier molecular flexibility index (Phi) is 3.51. The smallest absolute Gasteiger partial charge is 0.234 e. The third-order valence-corrected chi connectivity index (χ3v) is 2.81. The molecule has 0 saturated heterocycles. The van der Waals surface area contributed by atoms with Crippen molar-refractivity contribution in [3.63, 3.8) is 0 Å². The van der Waals surface area contributed by atoms with E-state index in [9.17, 15) is 4.79 Å². The average Bonchev–Trinajstić information content (AvgIpc) is 2.02. The third-order valence-electron chi connectivity index (χ3n) is 2.81. The molecule has 0 aliphatic heterocycles. The van der Waals surface area contributed by atoms with Crippen molar-refractivity contribution in [3.8, 4) is 6.07 Å². The van der Waals surface area contributed by atoms with Gasteiger partial charge < -0.3 is 5.32 Å². The maximum Gasteiger partial charge on any atom is 0.234 e. The van der Waals surface area contributed by atoms with Crippen LogP contribution < -0.4 is 5.32 Å². The van der Waals surface area contributed by atoms with Crippen LogP contribution in [0.15, 0.2) is 0 Å². The van der Waals surface area contributed by atoms with Gasteiger partial charge in [-0.1, -0.05) is 20.3 Å². The molecule has 1 rings (SSSR count). The molecule has 1 saturated carbocycles. The van der Waals surface area contributed by atoms with Gasteiger partial charge in [-0.05, 0) is 24.7 Å². The second-order valence-electron chi connectivity index (χ2n) is 4.86. The van der Waals surface area contributed by atoms with Gasteiger partial charge in [0.25, 0.3) is 0 Å². The van der Waals surface area contributed by atoms with Crippen molar-refractivity contribution in [2.45, 2.75) is 52.0 Å². The van der Waals surface area contributed by atoms with Crippen LogP contribution in [0.5, 0.6) is 0 Å². The fourth-order valence-corrected chi connectivity index (χ4v) is 2.17. The number of hydrogen-bond donors (Lipinski definition) is 1. The highest BCUT2D eigenvalue weighted by Gasteiger charge is 2.28. The van der Waals surface area contributed by atoms with Gasteiger partial charge in [0.05, 0.1) is 6.07 Å². The van der Waals surface area contributed by atoms with Crippen LogP contribution in [0.2, 0.25) is 0 Å². The number of carbonyl (C=O) groups is 1. The number of amides is 1. The third kappa shape index (κ3) is 3.37. The highest BCUT2D eigenvalue weighted by molar-refractivity contribution is 5.78. The zero-order chi connectivity index (χ0) is 10.6. The lowest BCUT2D eigenvalue weighted by molar-refractivity contribution is -0.121. The summed E-state index contributed by atoms with van der Waals surface area (Å²) in [5.74, 6) is -0.129. The molecule has 1 unspecified atom stereocenters. The lowest BCUT2D eigenvalue weighted by atomic mass is 9.75. The maximum absolute atomic E-state index is 11.2. The summed E-state index contributed by atoms with van der Waals surface area (Å²) >= 11 is 0. The molecule has 0 spiro atoms. The zero-order valence-electron chi connectivity index (χ0n) is 8.97. The summed E-state index contributed by atoms with van der Waals surface area (Å²) in [5.41, 5.74) is 0.336. The quantitative estimate of drug-likeness (QED) is 0.730. The molecule has 3 nitrogen and oxygen atoms in total. The first kappa shape index (κ1) is 11.0. The van der Waals surface area contributed by atoms with Crippen molar-refractivity contribution in [1.82, 2.24) is 5.32 Å². The van der Waals surface area contributed by atoms with Crippen molar-refractivity contribution in [1.29, 1.82) is 5.26 Å². The van der Waals surface area contributed by atoms with E-state index < -0.39 is 0 Å². The molecule has 78 valence electrons. The molecule has 1 fully saturated rings. The van der Waals surface area contributed by atoms with E-state index in [1.165, 1.54) is 12.8 Å². The van der Waals surface area contributed by atoms with Crippen LogP contribution in [0.1, 0.15) is 46.0 Å². The first-order valence-corrected chi connectivity index (χ1v) is 5.20. The Morgan fingerprint density at radius 1 is 1.64 bits per heavy atom. The maximum atomic E-state index is 11.2. The second kappa shape index (κ2) is 4.45. The molecule has 0 bridgehead atoms. The van der Waals surface area contributed by atoms with Gasteiger partial charge in [0.1, 0.15) is 6.42 Å². The molecule has 1 amide bonds. The van der Waals surface area contributed by atoms with Gasteiger partial charge in [-0.2, -0.15) is 5.26 Å². The normalized spacial score (nSPS) is 25.1. The van der Waals surface area contributed by atoms with E-state index in [0.29, 0.717) is 5.41 Å². The summed E-state index contributed by atoms with van der Waals surface area (Å²) in [5, 5.41) is 11.3. The fourth-order valence-electron chi connectivity index (χ4n) is 2.17. The van der Waals surface area contributed by atoms with Crippen molar-refractivity contribution in [2.75, 3.05) is 0 Å². The van der Waals surface area contributed by atoms with E-state index in [0.717, 1.165) is 12.8 Å². The molecule has 14 heavy (non-hydrogen) atoms. The molecule has 0 aromatic carbocycles. The first-order valence-electron chi connectivity index (χ1n) is 5.20. The predicted octanol–water partition coefficient (Wildman–Crippen LogP) is 1.99. The Morgan fingerprint density at radius 2 is 2.36 bits per heavy atom. The van der Waals surface area contributed by atoms with Gasteiger partial charge in [-0.3, -0.25) is 4.79 Å². The minimum Gasteiger partial charge on any atom is -0.352 e. The van der Waals surface area contributed by atoms with Gasteiger partial charge in [0.15, 0.2) is 0 Å². The van der Waals surface area contributed by atoms with Gasteiger partial charge in [0.2, 0.25) is 5.91 Å². The van der Waals surface area contributed by atoms with Crippen LogP contribution in [0.25, 0.3) is 0 Å². The average molecular weight is 194 g/mol. The van der Waals surface area contributed by atoms with Crippen molar-refractivity contribution in [2.24, 2.45) is 5.41 Å². The SMILES string of the molecule is CC1(C)CCCC(NC(=O)CC#N)C1. The van der Waals surface area contributed by atoms with E-state index >= 15 is 0 Å². The fraction of sp³-hybridized carbons (Fsp3) is 0.818. The summed E-state index contributed by atoms with van der Waals surface area (Å²) < 4.78 is 0. The number of hydrogen-bond acceptors (Lipinski definition) is 2. The number of nitrogens with one attached hydrogen (secondary N) is 1. The summed E-state index contributed by atoms with van der Waals surface area (Å²) in [7, 11) is 0. The van der Waals surface area contributed by atoms with E-state index in [-0.39, 0.29) is 18.4 Å². The van der Waals surface area contributed by atoms with Crippen LogP contribution in [-0.4, -0.2) is 11.9 Å². The number of nitriles is 1. The molecule has 0 aromatic heterocycles. The first-order chi connectivity index (χ1) is 6.53. The minimum atomic E-state index is -0.129. The highest BCUT2D eigenvalue weighted by atomic mass is 16.1. The Bertz CT molecular complexity index is 253. The van der Waals surface area contributed by atoms with Crippen LogP contribution in [-0.2, 0) is 4.79 Å². The predicted molar refractivity (Wildman–Crippen MR) is 54.4 cm³/mol. The van der Waals surface area contributed by atoms with Gasteiger partial charge in [0, 0.05) is 6.04 Å². The van der Waals surface area contributed by atoms with E-state index in [4.69, 9.17) is 5.26 Å². The molecule has 0 aromatic rings. The lowest BCUT2D eigenvalue weighted by Gasteiger charge is -2.35. The second-order valence-corrected chi connectivity index (χ2v) is 4.86. The summed E-state index contributed by atoms with van der Waals surface area (Å²) in [4.78, 5) is 11.2. The van der Waals surface area contributed by atoms with E-state index in [1.54, 1.807) is 0 Å². The number of nitrogens with zero attached hydrogens (tertiary/aromatic N) is 1. The summed E-state index contributed by atoms with van der Waals surface area (Å²) in [6.45, 7) is 4.46. The van der Waals surface area contributed by atoms with Crippen molar-refractivity contribution in [3.05, 3.63) is 0 Å². The molecule has 1 N–H and O–H groups in total. The van der Waals surface area contributed by atoms with Gasteiger partial charge in [-0.25, -0.2) is 0 Å². The number of carbonyl (C=O) groups excluding carboxylic acids is 1. The molecular weight excluding hydrogens is 176 g/mol. The van der Waals surface area contributed by atoms with Crippen molar-refractivity contribution < 1.29 is 4.79 Å². The Balaban J connectivity index is 2.39. The Labute approximate surface area is 85.5 Å². The Hall–Kier alpha value is -1.04. The standard InChI is InChI=1S/C11H18N2O/c1-11(2)6-3-4-9(8-11)13-10(14)5-7-12/h9H,3-6,8H2,1-2H3,(H,13,14). The Morgan fingerprint density at radius 3 is 2.93 bits per heavy atom. The summed E-state index contributed by atoms with van der Waals surface area (Å²) in [6.07, 6.45) is 4.48. The molecule has 1 aliphatic carbocycles. The molecule has 3 heteroatoms. The van der Waals surface area contributed by atoms with Crippen molar-refractivity contribution >= 4 is 5.91 Å². The summed E-state index contributed by atoms with van der Waals surface area (Å²) in [6, 6.07) is 2.14. The molecule has 0 radical (unpaired) electrons. The molecular formula is C11H18N2O. The van der Waals surface area contributed by atoms with Gasteiger partial charge in [-0.15, -0.1) is 0 Å². The monoisotopic (exact) mass is 194 g/mol.